The maximum atomic E-state index is 11.8. The van der Waals surface area contributed by atoms with Gasteiger partial charge in [-0.15, -0.1) is 0 Å². The molecule has 0 saturated heterocycles. The molecule has 3 rings (SSSR count). The summed E-state index contributed by atoms with van der Waals surface area (Å²) in [4.78, 5) is 18.3. The van der Waals surface area contributed by atoms with Gasteiger partial charge in [0.1, 0.15) is 0 Å². The molecule has 4 nitrogen and oxygen atoms in total. The van der Waals surface area contributed by atoms with Gasteiger partial charge in [-0.25, -0.2) is 0 Å². The third-order valence-electron chi connectivity index (χ3n) is 5.17. The maximum absolute atomic E-state index is 11.8. The number of rotatable bonds is 7. The first kappa shape index (κ1) is 20.7. The van der Waals surface area contributed by atoms with Crippen LogP contribution in [0, 0.1) is 6.92 Å². The van der Waals surface area contributed by atoms with Crippen LogP contribution in [0.5, 0.6) is 0 Å². The van der Waals surface area contributed by atoms with Crippen LogP contribution in [0.25, 0.3) is 11.1 Å². The number of carbonyl (C=O) groups excluding carboxylic acids is 1. The molecule has 1 heterocycles. The van der Waals surface area contributed by atoms with E-state index in [1.807, 2.05) is 39.3 Å². The topological polar surface area (TPSA) is 59.2 Å². The lowest BCUT2D eigenvalue weighted by Crippen LogP contribution is -2.14. The number of carbonyl (C=O) groups is 1. The zero-order valence-corrected chi connectivity index (χ0v) is 17.6. The van der Waals surface area contributed by atoms with Gasteiger partial charge >= 0.3 is 0 Å². The molecule has 0 aliphatic rings. The number of amides is 1. The summed E-state index contributed by atoms with van der Waals surface area (Å²) < 4.78 is 0. The van der Waals surface area contributed by atoms with Crippen molar-refractivity contribution in [2.24, 2.45) is 5.73 Å². The third-order valence-corrected chi connectivity index (χ3v) is 5.17. The molecule has 150 valence electrons. The van der Waals surface area contributed by atoms with Crippen molar-refractivity contribution in [3.8, 4) is 11.1 Å². The standard InChI is InChI=1S/C25H29N3O/c1-5-24(21-7-6-17(2)27-15-21)20-10-8-19(9-11-20)22-12-18(16-28(3)4)13-23(14-22)25(26)29/h6-15,24H,5,16H2,1-4H3,(H2,26,29). The van der Waals surface area contributed by atoms with Crippen LogP contribution < -0.4 is 5.73 Å². The van der Waals surface area contributed by atoms with Crippen LogP contribution in [-0.4, -0.2) is 29.9 Å². The summed E-state index contributed by atoms with van der Waals surface area (Å²) in [5.74, 6) is -0.0835. The van der Waals surface area contributed by atoms with Crippen molar-refractivity contribution in [1.82, 2.24) is 9.88 Å². The largest absolute Gasteiger partial charge is 0.366 e. The van der Waals surface area contributed by atoms with Gasteiger partial charge in [-0.05, 0) is 79.5 Å². The zero-order valence-electron chi connectivity index (χ0n) is 17.6. The Hall–Kier alpha value is -2.98. The van der Waals surface area contributed by atoms with Gasteiger partial charge in [-0.1, -0.05) is 37.3 Å². The number of hydrogen-bond donors (Lipinski definition) is 1. The highest BCUT2D eigenvalue weighted by molar-refractivity contribution is 5.94. The van der Waals surface area contributed by atoms with Gasteiger partial charge < -0.3 is 10.6 Å². The van der Waals surface area contributed by atoms with E-state index >= 15 is 0 Å². The number of aromatic nitrogens is 1. The molecule has 0 radical (unpaired) electrons. The molecule has 1 unspecified atom stereocenters. The van der Waals surface area contributed by atoms with Crippen molar-refractivity contribution in [2.45, 2.75) is 32.7 Å². The quantitative estimate of drug-likeness (QED) is 0.636. The third kappa shape index (κ3) is 5.09. The molecule has 0 spiro atoms. The van der Waals surface area contributed by atoms with E-state index in [9.17, 15) is 4.79 Å². The van der Waals surface area contributed by atoms with E-state index in [4.69, 9.17) is 5.73 Å². The zero-order chi connectivity index (χ0) is 21.0. The maximum Gasteiger partial charge on any atom is 0.248 e. The first-order valence-electron chi connectivity index (χ1n) is 9.98. The number of nitrogens with zero attached hydrogens (tertiary/aromatic N) is 2. The average Bonchev–Trinajstić information content (AvgIpc) is 2.69. The second-order valence-electron chi connectivity index (χ2n) is 7.84. The minimum atomic E-state index is -0.401. The predicted octanol–water partition coefficient (Wildman–Crippen LogP) is 4.76. The van der Waals surface area contributed by atoms with E-state index in [-0.39, 0.29) is 0 Å². The lowest BCUT2D eigenvalue weighted by Gasteiger charge is -2.17. The van der Waals surface area contributed by atoms with Gasteiger partial charge in [-0.2, -0.15) is 0 Å². The second-order valence-corrected chi connectivity index (χ2v) is 7.84. The number of aryl methyl sites for hydroxylation is 1. The van der Waals surface area contributed by atoms with E-state index in [2.05, 4.69) is 59.3 Å². The molecule has 1 atom stereocenters. The van der Waals surface area contributed by atoms with Crippen molar-refractivity contribution in [3.05, 3.63) is 88.7 Å². The van der Waals surface area contributed by atoms with Crippen LogP contribution in [0.15, 0.2) is 60.8 Å². The minimum absolute atomic E-state index is 0.318. The summed E-state index contributed by atoms with van der Waals surface area (Å²) in [6.45, 7) is 4.96. The van der Waals surface area contributed by atoms with E-state index < -0.39 is 5.91 Å². The fourth-order valence-electron chi connectivity index (χ4n) is 3.71. The van der Waals surface area contributed by atoms with Crippen LogP contribution in [0.1, 0.15) is 52.0 Å². The van der Waals surface area contributed by atoms with Crippen molar-refractivity contribution in [3.63, 3.8) is 0 Å². The van der Waals surface area contributed by atoms with Gasteiger partial charge in [-0.3, -0.25) is 9.78 Å². The first-order chi connectivity index (χ1) is 13.9. The smallest absolute Gasteiger partial charge is 0.248 e. The number of nitrogens with two attached hydrogens (primary N) is 1. The molecular formula is C25H29N3O. The van der Waals surface area contributed by atoms with E-state index in [0.717, 1.165) is 35.3 Å². The van der Waals surface area contributed by atoms with Crippen molar-refractivity contribution >= 4 is 5.91 Å². The van der Waals surface area contributed by atoms with Crippen LogP contribution in [0.3, 0.4) is 0 Å². The molecule has 0 aliphatic carbocycles. The number of hydrogen-bond acceptors (Lipinski definition) is 3. The summed E-state index contributed by atoms with van der Waals surface area (Å²) in [5, 5.41) is 0. The number of pyridine rings is 1. The van der Waals surface area contributed by atoms with Gasteiger partial charge in [0, 0.05) is 29.9 Å². The Morgan fingerprint density at radius 1 is 1.00 bits per heavy atom. The molecule has 0 aliphatic heterocycles. The molecule has 3 aromatic rings. The molecule has 0 fully saturated rings. The van der Waals surface area contributed by atoms with Crippen molar-refractivity contribution in [2.75, 3.05) is 14.1 Å². The molecule has 0 saturated carbocycles. The van der Waals surface area contributed by atoms with Crippen LogP contribution in [0.4, 0.5) is 0 Å². The molecule has 2 N–H and O–H groups in total. The van der Waals surface area contributed by atoms with Gasteiger partial charge in [0.25, 0.3) is 0 Å². The van der Waals surface area contributed by atoms with E-state index in [1.165, 1.54) is 11.1 Å². The molecule has 29 heavy (non-hydrogen) atoms. The number of benzene rings is 2. The summed E-state index contributed by atoms with van der Waals surface area (Å²) in [5.41, 5.74) is 12.8. The minimum Gasteiger partial charge on any atom is -0.366 e. The highest BCUT2D eigenvalue weighted by Crippen LogP contribution is 2.30. The molecule has 1 aromatic heterocycles. The van der Waals surface area contributed by atoms with E-state index in [0.29, 0.717) is 11.5 Å². The monoisotopic (exact) mass is 387 g/mol. The molecule has 4 heteroatoms. The Labute approximate surface area is 173 Å². The van der Waals surface area contributed by atoms with Gasteiger partial charge in [0.05, 0.1) is 0 Å². The predicted molar refractivity (Wildman–Crippen MR) is 119 cm³/mol. The fourth-order valence-corrected chi connectivity index (χ4v) is 3.71. The Kier molecular flexibility index (Phi) is 6.45. The average molecular weight is 388 g/mol. The van der Waals surface area contributed by atoms with E-state index in [1.54, 1.807) is 0 Å². The number of primary amides is 1. The molecule has 0 bridgehead atoms. The summed E-state index contributed by atoms with van der Waals surface area (Å²) >= 11 is 0. The van der Waals surface area contributed by atoms with Crippen molar-refractivity contribution in [1.29, 1.82) is 0 Å². The Morgan fingerprint density at radius 2 is 1.69 bits per heavy atom. The second kappa shape index (κ2) is 9.01. The lowest BCUT2D eigenvalue weighted by atomic mass is 9.88. The summed E-state index contributed by atoms with van der Waals surface area (Å²) in [6.07, 6.45) is 2.98. The van der Waals surface area contributed by atoms with Crippen molar-refractivity contribution < 1.29 is 4.79 Å². The van der Waals surface area contributed by atoms with Crippen LogP contribution >= 0.6 is 0 Å². The molecule has 2 aromatic carbocycles. The molecular weight excluding hydrogens is 358 g/mol. The van der Waals surface area contributed by atoms with Crippen LogP contribution in [-0.2, 0) is 6.54 Å². The molecule has 1 amide bonds. The Morgan fingerprint density at radius 3 is 2.24 bits per heavy atom. The summed E-state index contributed by atoms with van der Waals surface area (Å²) in [6, 6.07) is 18.7. The van der Waals surface area contributed by atoms with Gasteiger partial charge in [0.2, 0.25) is 5.91 Å². The SMILES string of the molecule is CCC(c1ccc(-c2cc(CN(C)C)cc(C(N)=O)c2)cc1)c1ccc(C)nc1. The Bertz CT molecular complexity index is 976. The lowest BCUT2D eigenvalue weighted by molar-refractivity contribution is 0.1000. The van der Waals surface area contributed by atoms with Gasteiger partial charge in [0.15, 0.2) is 0 Å². The fraction of sp³-hybridized carbons (Fsp3) is 0.280. The highest BCUT2D eigenvalue weighted by atomic mass is 16.1. The van der Waals surface area contributed by atoms with Crippen LogP contribution in [0.2, 0.25) is 0 Å². The Balaban J connectivity index is 1.94. The summed E-state index contributed by atoms with van der Waals surface area (Å²) in [7, 11) is 4.02. The normalized spacial score (nSPS) is 12.2. The highest BCUT2D eigenvalue weighted by Gasteiger charge is 2.13. The first-order valence-corrected chi connectivity index (χ1v) is 9.98.